The summed E-state index contributed by atoms with van der Waals surface area (Å²) in [5, 5.41) is 14.9. The van der Waals surface area contributed by atoms with Gasteiger partial charge in [-0.3, -0.25) is 9.59 Å². The molecule has 3 N–H and O–H groups in total. The number of rotatable bonds is 6. The number of carbonyl (C=O) groups is 1. The summed E-state index contributed by atoms with van der Waals surface area (Å²) >= 11 is 0. The average molecular weight is 518 g/mol. The molecule has 1 amide bonds. The lowest BCUT2D eigenvalue weighted by Crippen LogP contribution is -2.40. The van der Waals surface area contributed by atoms with Gasteiger partial charge in [0.05, 0.1) is 22.6 Å². The molecular weight excluding hydrogens is 487 g/mol. The van der Waals surface area contributed by atoms with Gasteiger partial charge in [0, 0.05) is 31.1 Å². The molecule has 3 aromatic rings. The minimum Gasteiger partial charge on any atom is -0.385 e. The van der Waals surface area contributed by atoms with Crippen molar-refractivity contribution in [1.29, 1.82) is 0 Å². The topological polar surface area (TPSA) is 111 Å². The first kappa shape index (κ1) is 26.6. The SMILES string of the molecule is Cc1nc(N[C@H](C)c2cccc(C(F)F)c2F)c2cc(C3(O)CCC(C(=O)N(C)C)CC3)c(=O)[nH]c2n1. The van der Waals surface area contributed by atoms with E-state index < -0.39 is 35.0 Å². The van der Waals surface area contributed by atoms with Gasteiger partial charge in [-0.25, -0.2) is 23.1 Å². The number of fused-ring (bicyclic) bond motifs is 1. The van der Waals surface area contributed by atoms with E-state index in [4.69, 9.17) is 0 Å². The molecule has 0 aliphatic heterocycles. The summed E-state index contributed by atoms with van der Waals surface area (Å²) in [5.41, 5.74) is -2.25. The summed E-state index contributed by atoms with van der Waals surface area (Å²) in [5.74, 6) is -0.650. The Labute approximate surface area is 211 Å². The van der Waals surface area contributed by atoms with Crippen molar-refractivity contribution in [3.05, 3.63) is 63.0 Å². The van der Waals surface area contributed by atoms with Gasteiger partial charge in [0.2, 0.25) is 5.91 Å². The monoisotopic (exact) mass is 517 g/mol. The molecule has 0 saturated heterocycles. The number of aromatic amines is 1. The number of aryl methyl sites for hydroxylation is 1. The van der Waals surface area contributed by atoms with E-state index in [1.807, 2.05) is 0 Å². The summed E-state index contributed by atoms with van der Waals surface area (Å²) in [6.07, 6.45) is -1.65. The highest BCUT2D eigenvalue weighted by atomic mass is 19.3. The van der Waals surface area contributed by atoms with Crippen molar-refractivity contribution in [3.8, 4) is 0 Å². The molecular formula is C26H30F3N5O3. The van der Waals surface area contributed by atoms with Crippen molar-refractivity contribution in [1.82, 2.24) is 19.9 Å². The Morgan fingerprint density at radius 3 is 2.49 bits per heavy atom. The number of H-pyrrole nitrogens is 1. The number of hydrogen-bond donors (Lipinski definition) is 3. The maximum atomic E-state index is 14.8. The third-order valence-corrected chi connectivity index (χ3v) is 7.04. The van der Waals surface area contributed by atoms with Gasteiger partial charge < -0.3 is 20.3 Å². The minimum absolute atomic E-state index is 0.0121. The molecule has 2 heterocycles. The fourth-order valence-corrected chi connectivity index (χ4v) is 4.98. The van der Waals surface area contributed by atoms with Crippen LogP contribution in [0.1, 0.15) is 67.6 Å². The molecule has 0 unspecified atom stereocenters. The number of aromatic nitrogens is 3. The van der Waals surface area contributed by atoms with Crippen LogP contribution >= 0.6 is 0 Å². The number of nitrogens with one attached hydrogen (secondary N) is 2. The van der Waals surface area contributed by atoms with Crippen LogP contribution in [0.4, 0.5) is 19.0 Å². The lowest BCUT2D eigenvalue weighted by molar-refractivity contribution is -0.136. The molecule has 1 aromatic carbocycles. The summed E-state index contributed by atoms with van der Waals surface area (Å²) in [4.78, 5) is 38.2. The fourth-order valence-electron chi connectivity index (χ4n) is 4.98. The van der Waals surface area contributed by atoms with Crippen molar-refractivity contribution in [3.63, 3.8) is 0 Å². The Hall–Kier alpha value is -3.47. The number of halogens is 3. The van der Waals surface area contributed by atoms with Gasteiger partial charge in [0.1, 0.15) is 23.1 Å². The summed E-state index contributed by atoms with van der Waals surface area (Å²) in [6, 6.07) is 4.59. The number of hydrogen-bond acceptors (Lipinski definition) is 6. The zero-order valence-electron chi connectivity index (χ0n) is 21.1. The maximum absolute atomic E-state index is 14.8. The van der Waals surface area contributed by atoms with Gasteiger partial charge in [-0.05, 0) is 45.6 Å². The van der Waals surface area contributed by atoms with Gasteiger partial charge >= 0.3 is 0 Å². The molecule has 0 bridgehead atoms. The number of aliphatic hydroxyl groups is 1. The second-order valence-electron chi connectivity index (χ2n) is 9.85. The first-order valence-electron chi connectivity index (χ1n) is 12.1. The zero-order chi connectivity index (χ0) is 27.1. The molecule has 1 aliphatic rings. The first-order valence-corrected chi connectivity index (χ1v) is 12.1. The van der Waals surface area contributed by atoms with Crippen molar-refractivity contribution in [2.45, 2.75) is 57.6 Å². The first-order chi connectivity index (χ1) is 17.4. The minimum atomic E-state index is -2.95. The lowest BCUT2D eigenvalue weighted by Gasteiger charge is -2.36. The third-order valence-electron chi connectivity index (χ3n) is 7.04. The highest BCUT2D eigenvalue weighted by molar-refractivity contribution is 5.87. The molecule has 0 spiro atoms. The van der Waals surface area contributed by atoms with E-state index in [-0.39, 0.29) is 47.3 Å². The summed E-state index contributed by atoms with van der Waals surface area (Å²) < 4.78 is 41.2. The molecule has 1 atom stereocenters. The van der Waals surface area contributed by atoms with Crippen molar-refractivity contribution >= 4 is 22.8 Å². The quantitative estimate of drug-likeness (QED) is 0.449. The van der Waals surface area contributed by atoms with Crippen LogP contribution in [0, 0.1) is 18.7 Å². The molecule has 1 aliphatic carbocycles. The van der Waals surface area contributed by atoms with Crippen LogP contribution in [0.15, 0.2) is 29.1 Å². The van der Waals surface area contributed by atoms with Crippen LogP contribution in [0.2, 0.25) is 0 Å². The Morgan fingerprint density at radius 1 is 1.22 bits per heavy atom. The van der Waals surface area contributed by atoms with Crippen LogP contribution in [0.3, 0.4) is 0 Å². The average Bonchev–Trinajstić information content (AvgIpc) is 2.83. The van der Waals surface area contributed by atoms with Gasteiger partial charge in [-0.15, -0.1) is 0 Å². The van der Waals surface area contributed by atoms with E-state index in [2.05, 4.69) is 20.3 Å². The van der Waals surface area contributed by atoms with Gasteiger partial charge in [0.25, 0.3) is 12.0 Å². The van der Waals surface area contributed by atoms with Crippen LogP contribution in [0.25, 0.3) is 11.0 Å². The Morgan fingerprint density at radius 2 is 1.86 bits per heavy atom. The molecule has 0 radical (unpaired) electrons. The lowest BCUT2D eigenvalue weighted by atomic mass is 9.75. The molecule has 1 saturated carbocycles. The van der Waals surface area contributed by atoms with E-state index >= 15 is 0 Å². The normalized spacial score (nSPS) is 20.7. The molecule has 11 heteroatoms. The maximum Gasteiger partial charge on any atom is 0.266 e. The van der Waals surface area contributed by atoms with Crippen LogP contribution in [-0.2, 0) is 10.4 Å². The van der Waals surface area contributed by atoms with E-state index in [1.54, 1.807) is 27.9 Å². The molecule has 8 nitrogen and oxygen atoms in total. The number of amides is 1. The van der Waals surface area contributed by atoms with E-state index in [0.717, 1.165) is 6.07 Å². The van der Waals surface area contributed by atoms with Crippen molar-refractivity contribution in [2.75, 3.05) is 19.4 Å². The summed E-state index contributed by atoms with van der Waals surface area (Å²) in [6.45, 7) is 3.23. The second-order valence-corrected chi connectivity index (χ2v) is 9.85. The van der Waals surface area contributed by atoms with Crippen LogP contribution in [0.5, 0.6) is 0 Å². The largest absolute Gasteiger partial charge is 0.385 e. The van der Waals surface area contributed by atoms with Crippen LogP contribution in [-0.4, -0.2) is 45.0 Å². The molecule has 37 heavy (non-hydrogen) atoms. The number of nitrogens with zero attached hydrogens (tertiary/aromatic N) is 3. The zero-order valence-corrected chi connectivity index (χ0v) is 21.1. The standard InChI is InChI=1S/C26H30F3N5O3/c1-13(16-6-5-7-17(20(16)27)21(28)29)30-22-18-12-19(24(35)33-23(18)32-14(2)31-22)26(37)10-8-15(9-11-26)25(36)34(3)4/h5-7,12-13,15,21,37H,8-11H2,1-4H3,(H2,30,31,32,33,35)/t13-,15?,26?/m1/s1. The van der Waals surface area contributed by atoms with E-state index in [0.29, 0.717) is 24.1 Å². The molecule has 4 rings (SSSR count). The van der Waals surface area contributed by atoms with Crippen LogP contribution < -0.4 is 10.9 Å². The van der Waals surface area contributed by atoms with Gasteiger partial charge in [-0.2, -0.15) is 0 Å². The van der Waals surface area contributed by atoms with Gasteiger partial charge in [0.15, 0.2) is 0 Å². The highest BCUT2D eigenvalue weighted by Crippen LogP contribution is 2.40. The smallest absolute Gasteiger partial charge is 0.266 e. The van der Waals surface area contributed by atoms with Crippen molar-refractivity contribution in [2.24, 2.45) is 5.92 Å². The second kappa shape index (κ2) is 10.1. The van der Waals surface area contributed by atoms with E-state index in [1.165, 1.54) is 23.1 Å². The highest BCUT2D eigenvalue weighted by Gasteiger charge is 2.39. The predicted molar refractivity (Wildman–Crippen MR) is 133 cm³/mol. The number of alkyl halides is 2. The number of carbonyl (C=O) groups excluding carboxylic acids is 1. The third kappa shape index (κ3) is 5.18. The van der Waals surface area contributed by atoms with E-state index in [9.17, 15) is 27.9 Å². The van der Waals surface area contributed by atoms with Crippen molar-refractivity contribution < 1.29 is 23.1 Å². The Balaban J connectivity index is 1.70. The van der Waals surface area contributed by atoms with Gasteiger partial charge in [-0.1, -0.05) is 18.2 Å². The number of benzene rings is 1. The Kier molecular flexibility index (Phi) is 7.27. The number of anilines is 1. The Bertz CT molecular complexity index is 1380. The summed E-state index contributed by atoms with van der Waals surface area (Å²) in [7, 11) is 3.37. The molecule has 2 aromatic heterocycles. The predicted octanol–water partition coefficient (Wildman–Crippen LogP) is 4.34. The molecule has 1 fully saturated rings. The number of pyridine rings is 1. The molecule has 198 valence electrons. The fraction of sp³-hybridized carbons (Fsp3) is 0.462.